The molecule has 1 fully saturated rings. The summed E-state index contributed by atoms with van der Waals surface area (Å²) in [7, 11) is 0. The van der Waals surface area contributed by atoms with Gasteiger partial charge in [0.2, 0.25) is 0 Å². The van der Waals surface area contributed by atoms with E-state index in [0.717, 1.165) is 41.5 Å². The van der Waals surface area contributed by atoms with Gasteiger partial charge in [0, 0.05) is 13.0 Å². The molecule has 3 aromatic rings. The van der Waals surface area contributed by atoms with Crippen LogP contribution in [0.15, 0.2) is 36.5 Å². The lowest BCUT2D eigenvalue weighted by Crippen LogP contribution is -2.36. The van der Waals surface area contributed by atoms with Gasteiger partial charge in [-0.15, -0.1) is 0 Å². The van der Waals surface area contributed by atoms with Gasteiger partial charge in [-0.1, -0.05) is 41.7 Å². The summed E-state index contributed by atoms with van der Waals surface area (Å²) in [5.41, 5.74) is 2.77. The van der Waals surface area contributed by atoms with Crippen LogP contribution in [-0.2, 0) is 11.2 Å². The van der Waals surface area contributed by atoms with Crippen LogP contribution in [0, 0.1) is 6.92 Å². The van der Waals surface area contributed by atoms with E-state index in [0.29, 0.717) is 17.9 Å². The summed E-state index contributed by atoms with van der Waals surface area (Å²) in [5.74, 6) is 0.303. The summed E-state index contributed by atoms with van der Waals surface area (Å²) < 4.78 is 0. The third-order valence-electron chi connectivity index (χ3n) is 4.61. The van der Waals surface area contributed by atoms with Gasteiger partial charge in [0.1, 0.15) is 0 Å². The van der Waals surface area contributed by atoms with E-state index in [-0.39, 0.29) is 6.04 Å². The molecule has 1 aromatic carbocycles. The van der Waals surface area contributed by atoms with E-state index in [1.165, 1.54) is 16.9 Å². The first-order chi connectivity index (χ1) is 12.2. The molecule has 6 heteroatoms. The van der Waals surface area contributed by atoms with Crippen LogP contribution in [0.4, 0.5) is 5.13 Å². The highest BCUT2D eigenvalue weighted by molar-refractivity contribution is 7.21. The van der Waals surface area contributed by atoms with Crippen molar-refractivity contribution in [3.63, 3.8) is 0 Å². The number of benzene rings is 1. The van der Waals surface area contributed by atoms with Crippen LogP contribution in [0.5, 0.6) is 0 Å². The van der Waals surface area contributed by atoms with Gasteiger partial charge in [0.05, 0.1) is 17.9 Å². The molecule has 0 amide bonds. The van der Waals surface area contributed by atoms with Crippen molar-refractivity contribution in [2.75, 3.05) is 11.4 Å². The fraction of sp³-hybridized carbons (Fsp3) is 0.368. The Morgan fingerprint density at radius 1 is 1.28 bits per heavy atom. The second kappa shape index (κ2) is 6.88. The minimum absolute atomic E-state index is 0.0645. The zero-order valence-corrected chi connectivity index (χ0v) is 15.0. The molecule has 0 saturated carbocycles. The lowest BCUT2D eigenvalue weighted by molar-refractivity contribution is -0.120. The number of ketones is 1. The molecule has 0 spiro atoms. The highest BCUT2D eigenvalue weighted by Gasteiger charge is 2.32. The fourth-order valence-corrected chi connectivity index (χ4v) is 4.35. The number of carbonyl (C=O) groups is 1. The zero-order chi connectivity index (χ0) is 17.2. The summed E-state index contributed by atoms with van der Waals surface area (Å²) in [6, 6.07) is 10.1. The molecule has 0 aliphatic carbocycles. The first-order valence-electron chi connectivity index (χ1n) is 8.64. The maximum Gasteiger partial charge on any atom is 0.191 e. The number of carbonyl (C=O) groups excluding carboxylic acids is 1. The summed E-state index contributed by atoms with van der Waals surface area (Å²) in [5, 5.41) is 0.871. The summed E-state index contributed by atoms with van der Waals surface area (Å²) in [4.78, 5) is 29.2. The molecular formula is C19H20N4OS. The van der Waals surface area contributed by atoms with Gasteiger partial charge in [0.15, 0.2) is 21.4 Å². The predicted molar refractivity (Wildman–Crippen MR) is 100 cm³/mol. The van der Waals surface area contributed by atoms with Crippen LogP contribution in [-0.4, -0.2) is 33.3 Å². The molecule has 25 heavy (non-hydrogen) atoms. The number of aryl methyl sites for hydroxylation is 2. The Labute approximate surface area is 150 Å². The monoisotopic (exact) mass is 352 g/mol. The van der Waals surface area contributed by atoms with Gasteiger partial charge in [0.25, 0.3) is 0 Å². The first kappa shape index (κ1) is 16.1. The number of fused-ring (bicyclic) bond motifs is 1. The number of anilines is 1. The second-order valence-electron chi connectivity index (χ2n) is 6.44. The van der Waals surface area contributed by atoms with Gasteiger partial charge in [-0.3, -0.25) is 4.79 Å². The average molecular weight is 352 g/mol. The third kappa shape index (κ3) is 3.39. The first-order valence-corrected chi connectivity index (χ1v) is 9.46. The number of hydrogen-bond donors (Lipinski definition) is 0. The summed E-state index contributed by atoms with van der Waals surface area (Å²) >= 11 is 1.53. The van der Waals surface area contributed by atoms with E-state index in [2.05, 4.69) is 32.0 Å². The fourth-order valence-electron chi connectivity index (χ4n) is 3.33. The Hall–Kier alpha value is -2.34. The Morgan fingerprint density at radius 2 is 2.12 bits per heavy atom. The average Bonchev–Trinajstić information content (AvgIpc) is 3.26. The highest BCUT2D eigenvalue weighted by Crippen LogP contribution is 2.32. The molecule has 1 aliphatic heterocycles. The molecule has 0 unspecified atom stereocenters. The summed E-state index contributed by atoms with van der Waals surface area (Å²) in [6.07, 6.45) is 5.04. The largest absolute Gasteiger partial charge is 0.338 e. The smallest absolute Gasteiger partial charge is 0.191 e. The standard InChI is InChI=1S/C19H20N4OS/c1-13-12-20-17-18(21-13)25-19(22-17)23-11-5-8-15(23)16(24)10-9-14-6-3-2-4-7-14/h2-4,6-7,12,15H,5,8-11H2,1H3/t15-/m1/s1. The Bertz CT molecular complexity index is 893. The quantitative estimate of drug-likeness (QED) is 0.703. The lowest BCUT2D eigenvalue weighted by Gasteiger charge is -2.22. The van der Waals surface area contributed by atoms with Gasteiger partial charge in [-0.2, -0.15) is 4.98 Å². The maximum absolute atomic E-state index is 12.8. The Balaban J connectivity index is 1.50. The van der Waals surface area contributed by atoms with Gasteiger partial charge >= 0.3 is 0 Å². The predicted octanol–water partition coefficient (Wildman–Crippen LogP) is 3.57. The molecule has 4 rings (SSSR count). The molecular weight excluding hydrogens is 332 g/mol. The van der Waals surface area contributed by atoms with E-state index in [1.807, 2.05) is 25.1 Å². The van der Waals surface area contributed by atoms with Crippen molar-refractivity contribution in [1.82, 2.24) is 15.0 Å². The SMILES string of the molecule is Cc1cnc2nc(N3CCC[C@@H]3C(=O)CCc3ccccc3)sc2n1. The van der Waals surface area contributed by atoms with E-state index in [4.69, 9.17) is 0 Å². The molecule has 1 atom stereocenters. The second-order valence-corrected chi connectivity index (χ2v) is 7.40. The molecule has 0 radical (unpaired) electrons. The number of hydrogen-bond acceptors (Lipinski definition) is 6. The molecule has 1 aliphatic rings. The third-order valence-corrected chi connectivity index (χ3v) is 5.58. The number of rotatable bonds is 5. The molecule has 2 aromatic heterocycles. The van der Waals surface area contributed by atoms with Crippen molar-refractivity contribution in [1.29, 1.82) is 0 Å². The van der Waals surface area contributed by atoms with E-state index in [9.17, 15) is 4.79 Å². The van der Waals surface area contributed by atoms with E-state index >= 15 is 0 Å². The number of thiazole rings is 1. The van der Waals surface area contributed by atoms with Crippen molar-refractivity contribution in [2.45, 2.75) is 38.6 Å². The Morgan fingerprint density at radius 3 is 2.96 bits per heavy atom. The van der Waals surface area contributed by atoms with Gasteiger partial charge in [-0.25, -0.2) is 9.97 Å². The van der Waals surface area contributed by atoms with Crippen LogP contribution >= 0.6 is 11.3 Å². The number of Topliss-reactive ketones (excluding diaryl/α,β-unsaturated/α-hetero) is 1. The van der Waals surface area contributed by atoms with Crippen LogP contribution in [0.1, 0.15) is 30.5 Å². The van der Waals surface area contributed by atoms with Crippen molar-refractivity contribution < 1.29 is 4.79 Å². The number of nitrogens with zero attached hydrogens (tertiary/aromatic N) is 4. The molecule has 0 N–H and O–H groups in total. The van der Waals surface area contributed by atoms with Gasteiger partial charge in [-0.05, 0) is 31.7 Å². The van der Waals surface area contributed by atoms with Crippen LogP contribution in [0.25, 0.3) is 10.5 Å². The van der Waals surface area contributed by atoms with Crippen molar-refractivity contribution in [3.8, 4) is 0 Å². The molecule has 128 valence electrons. The molecule has 3 heterocycles. The highest BCUT2D eigenvalue weighted by atomic mass is 32.1. The zero-order valence-electron chi connectivity index (χ0n) is 14.2. The molecule has 1 saturated heterocycles. The van der Waals surface area contributed by atoms with Crippen LogP contribution < -0.4 is 4.90 Å². The van der Waals surface area contributed by atoms with Crippen molar-refractivity contribution in [2.24, 2.45) is 0 Å². The normalized spacial score (nSPS) is 17.3. The van der Waals surface area contributed by atoms with E-state index in [1.54, 1.807) is 6.20 Å². The molecule has 0 bridgehead atoms. The minimum atomic E-state index is -0.0645. The lowest BCUT2D eigenvalue weighted by atomic mass is 10.0. The maximum atomic E-state index is 12.8. The minimum Gasteiger partial charge on any atom is -0.338 e. The topological polar surface area (TPSA) is 59.0 Å². The Kier molecular flexibility index (Phi) is 4.44. The van der Waals surface area contributed by atoms with Gasteiger partial charge < -0.3 is 4.90 Å². The van der Waals surface area contributed by atoms with Crippen molar-refractivity contribution >= 4 is 32.7 Å². The van der Waals surface area contributed by atoms with E-state index < -0.39 is 0 Å². The van der Waals surface area contributed by atoms with Crippen LogP contribution in [0.2, 0.25) is 0 Å². The number of aromatic nitrogens is 3. The summed E-state index contributed by atoms with van der Waals surface area (Å²) in [6.45, 7) is 2.80. The molecule has 5 nitrogen and oxygen atoms in total. The van der Waals surface area contributed by atoms with Crippen molar-refractivity contribution in [3.05, 3.63) is 47.8 Å². The van der Waals surface area contributed by atoms with Crippen LogP contribution in [0.3, 0.4) is 0 Å².